The Balaban J connectivity index is 1.27. The van der Waals surface area contributed by atoms with E-state index in [1.165, 1.54) is 135 Å². The van der Waals surface area contributed by atoms with Gasteiger partial charge < -0.3 is 0 Å². The second-order valence-electron chi connectivity index (χ2n) is 13.2. The Morgan fingerprint density at radius 1 is 0.657 bits per heavy atom. The Bertz CT molecular complexity index is 664. The molecule has 0 amide bonds. The lowest BCUT2D eigenvalue weighted by Crippen LogP contribution is -2.22. The van der Waals surface area contributed by atoms with Gasteiger partial charge in [0.1, 0.15) is 0 Å². The van der Waals surface area contributed by atoms with E-state index in [4.69, 9.17) is 0 Å². The minimum absolute atomic E-state index is 0.832. The molecule has 1 atom stereocenters. The van der Waals surface area contributed by atoms with E-state index < -0.39 is 0 Å². The summed E-state index contributed by atoms with van der Waals surface area (Å²) in [5.74, 6) is 5.85. The molecule has 0 spiro atoms. The molecule has 3 aliphatic carbocycles. The van der Waals surface area contributed by atoms with Crippen LogP contribution in [0.1, 0.15) is 159 Å². The number of hydrogen-bond acceptors (Lipinski definition) is 0. The van der Waals surface area contributed by atoms with Gasteiger partial charge in [-0.25, -0.2) is 0 Å². The Labute approximate surface area is 219 Å². The zero-order valence-electron chi connectivity index (χ0n) is 23.6. The largest absolute Gasteiger partial charge is 0.0654 e. The molecular weight excluding hydrogens is 420 g/mol. The van der Waals surface area contributed by atoms with Gasteiger partial charge in [-0.2, -0.15) is 0 Å². The number of rotatable bonds is 12. The topological polar surface area (TPSA) is 0 Å². The van der Waals surface area contributed by atoms with Crippen LogP contribution in [-0.2, 0) is 6.42 Å². The van der Waals surface area contributed by atoms with Gasteiger partial charge in [-0.3, -0.25) is 0 Å². The molecule has 0 heterocycles. The van der Waals surface area contributed by atoms with E-state index >= 15 is 0 Å². The zero-order valence-corrected chi connectivity index (χ0v) is 23.6. The molecule has 0 saturated heterocycles. The molecule has 0 nitrogen and oxygen atoms in total. The summed E-state index contributed by atoms with van der Waals surface area (Å²) < 4.78 is 0. The van der Waals surface area contributed by atoms with Gasteiger partial charge in [-0.05, 0) is 85.2 Å². The van der Waals surface area contributed by atoms with Crippen LogP contribution in [0.5, 0.6) is 0 Å². The van der Waals surface area contributed by atoms with Crippen LogP contribution in [0.3, 0.4) is 0 Å². The van der Waals surface area contributed by atoms with Crippen molar-refractivity contribution in [2.45, 2.75) is 155 Å². The quantitative estimate of drug-likeness (QED) is 0.262. The highest BCUT2D eigenvalue weighted by atomic mass is 14.3. The van der Waals surface area contributed by atoms with E-state index in [0.29, 0.717) is 0 Å². The highest BCUT2D eigenvalue weighted by Gasteiger charge is 2.27. The molecule has 0 aliphatic heterocycles. The minimum atomic E-state index is 0.832. The predicted molar refractivity (Wildman–Crippen MR) is 154 cm³/mol. The highest BCUT2D eigenvalue weighted by Crippen LogP contribution is 2.40. The van der Waals surface area contributed by atoms with Crippen molar-refractivity contribution in [1.29, 1.82) is 0 Å². The second-order valence-corrected chi connectivity index (χ2v) is 13.2. The van der Waals surface area contributed by atoms with Crippen LogP contribution in [0.2, 0.25) is 0 Å². The van der Waals surface area contributed by atoms with Gasteiger partial charge in [0, 0.05) is 0 Å². The normalized spacial score (nSPS) is 29.2. The van der Waals surface area contributed by atoms with Crippen LogP contribution >= 0.6 is 0 Å². The van der Waals surface area contributed by atoms with E-state index in [2.05, 4.69) is 38.1 Å². The Morgan fingerprint density at radius 3 is 1.91 bits per heavy atom. The van der Waals surface area contributed by atoms with E-state index in [9.17, 15) is 0 Å². The average Bonchev–Trinajstić information content (AvgIpc) is 2.93. The van der Waals surface area contributed by atoms with Gasteiger partial charge in [-0.1, -0.05) is 134 Å². The van der Waals surface area contributed by atoms with Crippen molar-refractivity contribution in [3.8, 4) is 0 Å². The fourth-order valence-corrected chi connectivity index (χ4v) is 8.18. The fourth-order valence-electron chi connectivity index (χ4n) is 8.18. The molecule has 1 unspecified atom stereocenters. The number of benzene rings is 1. The molecular formula is C35H58. The van der Waals surface area contributed by atoms with Crippen LogP contribution in [0.25, 0.3) is 0 Å². The lowest BCUT2D eigenvalue weighted by atomic mass is 9.72. The number of hydrogen-bond donors (Lipinski definition) is 0. The fraction of sp³-hybridized carbons (Fsp3) is 0.829. The summed E-state index contributed by atoms with van der Waals surface area (Å²) >= 11 is 0. The first-order valence-corrected chi connectivity index (χ1v) is 16.3. The molecule has 3 fully saturated rings. The average molecular weight is 479 g/mol. The smallest absolute Gasteiger partial charge is 0.0162 e. The lowest BCUT2D eigenvalue weighted by molar-refractivity contribution is 0.196. The lowest BCUT2D eigenvalue weighted by Gasteiger charge is -2.33. The molecule has 0 heteroatoms. The molecule has 4 rings (SSSR count). The molecule has 3 aliphatic rings. The maximum absolute atomic E-state index is 2.53. The number of unbranched alkanes of at least 4 members (excludes halogenated alkanes) is 2. The SMILES string of the molecule is CCCCCC1CCC(CCC(Cc2ccc(C3CCC(CC)CC3)cc2)C2CCCCC2)CC1. The Morgan fingerprint density at radius 2 is 1.29 bits per heavy atom. The summed E-state index contributed by atoms with van der Waals surface area (Å²) in [6.45, 7) is 4.72. The summed E-state index contributed by atoms with van der Waals surface area (Å²) in [4.78, 5) is 0. The minimum Gasteiger partial charge on any atom is -0.0654 e. The zero-order chi connectivity index (χ0) is 24.3. The van der Waals surface area contributed by atoms with Gasteiger partial charge in [0.05, 0.1) is 0 Å². The third kappa shape index (κ3) is 8.64. The van der Waals surface area contributed by atoms with Crippen LogP contribution in [0, 0.1) is 29.6 Å². The van der Waals surface area contributed by atoms with E-state index in [-0.39, 0.29) is 0 Å². The Hall–Kier alpha value is -0.780. The van der Waals surface area contributed by atoms with Gasteiger partial charge in [-0.15, -0.1) is 0 Å². The van der Waals surface area contributed by atoms with Gasteiger partial charge >= 0.3 is 0 Å². The standard InChI is InChI=1S/C35H58/c1-3-5-7-10-29-13-15-30(16-14-29)19-26-35(32-11-8-6-9-12-32)27-31-20-24-34(25-21-31)33-22-17-28(4-2)18-23-33/h20-21,24-25,28-30,32-33,35H,3-19,22-23,26-27H2,1-2H3. The van der Waals surface area contributed by atoms with Crippen LogP contribution < -0.4 is 0 Å². The summed E-state index contributed by atoms with van der Waals surface area (Å²) in [6, 6.07) is 10.1. The maximum atomic E-state index is 2.53. The monoisotopic (exact) mass is 478 g/mol. The van der Waals surface area contributed by atoms with Gasteiger partial charge in [0.25, 0.3) is 0 Å². The van der Waals surface area contributed by atoms with Crippen molar-refractivity contribution in [3.05, 3.63) is 35.4 Å². The molecule has 0 bridgehead atoms. The van der Waals surface area contributed by atoms with Crippen molar-refractivity contribution in [2.24, 2.45) is 29.6 Å². The van der Waals surface area contributed by atoms with E-state index in [0.717, 1.165) is 35.5 Å². The van der Waals surface area contributed by atoms with Crippen molar-refractivity contribution in [1.82, 2.24) is 0 Å². The molecule has 198 valence electrons. The van der Waals surface area contributed by atoms with Crippen molar-refractivity contribution >= 4 is 0 Å². The van der Waals surface area contributed by atoms with Crippen LogP contribution in [0.4, 0.5) is 0 Å². The molecule has 35 heavy (non-hydrogen) atoms. The molecule has 0 aromatic heterocycles. The maximum Gasteiger partial charge on any atom is -0.0162 e. The third-order valence-electron chi connectivity index (χ3n) is 10.8. The van der Waals surface area contributed by atoms with Crippen LogP contribution in [-0.4, -0.2) is 0 Å². The summed E-state index contributed by atoms with van der Waals surface area (Å²) in [5.41, 5.74) is 3.26. The first kappa shape index (κ1) is 27.3. The third-order valence-corrected chi connectivity index (χ3v) is 10.8. The molecule has 1 aromatic carbocycles. The van der Waals surface area contributed by atoms with E-state index in [1.807, 2.05) is 0 Å². The van der Waals surface area contributed by atoms with E-state index in [1.54, 1.807) is 11.1 Å². The molecule has 0 N–H and O–H groups in total. The first-order chi connectivity index (χ1) is 17.2. The van der Waals surface area contributed by atoms with Crippen LogP contribution in [0.15, 0.2) is 24.3 Å². The summed E-state index contributed by atoms with van der Waals surface area (Å²) in [6.07, 6.45) is 30.9. The second kappa shape index (κ2) is 14.8. The predicted octanol–water partition coefficient (Wildman–Crippen LogP) is 11.3. The van der Waals surface area contributed by atoms with Crippen molar-refractivity contribution in [2.75, 3.05) is 0 Å². The van der Waals surface area contributed by atoms with Crippen molar-refractivity contribution in [3.63, 3.8) is 0 Å². The summed E-state index contributed by atoms with van der Waals surface area (Å²) in [7, 11) is 0. The first-order valence-electron chi connectivity index (χ1n) is 16.3. The highest BCUT2D eigenvalue weighted by molar-refractivity contribution is 5.26. The van der Waals surface area contributed by atoms with Gasteiger partial charge in [0.15, 0.2) is 0 Å². The molecule has 0 radical (unpaired) electrons. The summed E-state index contributed by atoms with van der Waals surface area (Å²) in [5, 5.41) is 0. The van der Waals surface area contributed by atoms with Gasteiger partial charge in [0.2, 0.25) is 0 Å². The molecule has 3 saturated carbocycles. The Kier molecular flexibility index (Phi) is 11.6. The molecule has 1 aromatic rings. The van der Waals surface area contributed by atoms with Crippen molar-refractivity contribution < 1.29 is 0 Å².